The number of carbonyl (C=O) groups excluding carboxylic acids is 1. The average Bonchev–Trinajstić information content (AvgIpc) is 3.09. The number of hydrogen-bond acceptors (Lipinski definition) is 3. The molecule has 126 valence electrons. The summed E-state index contributed by atoms with van der Waals surface area (Å²) in [7, 11) is 0. The van der Waals surface area contributed by atoms with Crippen molar-refractivity contribution >= 4 is 22.8 Å². The van der Waals surface area contributed by atoms with Gasteiger partial charge in [0.05, 0.1) is 24.6 Å². The Balaban J connectivity index is 1.52. The molecule has 0 saturated heterocycles. The van der Waals surface area contributed by atoms with E-state index in [9.17, 15) is 9.59 Å². The highest BCUT2D eigenvalue weighted by Crippen LogP contribution is 2.35. The van der Waals surface area contributed by atoms with E-state index in [0.29, 0.717) is 0 Å². The molecule has 2 aliphatic rings. The quantitative estimate of drug-likeness (QED) is 0.885. The lowest BCUT2D eigenvalue weighted by Crippen LogP contribution is -2.55. The Labute approximate surface area is 140 Å². The van der Waals surface area contributed by atoms with Gasteiger partial charge in [0.25, 0.3) is 0 Å². The second-order valence-electron chi connectivity index (χ2n) is 7.16. The maximum atomic E-state index is 12.4. The standard InChI is InChI=1S/C19H21NO4/c21-17(20-19(5-2-6-19)10-18(22)23)9-14-11-24-16-8-13-4-1-3-12(13)7-15(14)16/h7-8,11H,1-6,9-10H2,(H,20,21)(H,22,23). The molecule has 0 unspecified atom stereocenters. The van der Waals surface area contributed by atoms with Crippen LogP contribution < -0.4 is 5.32 Å². The SMILES string of the molecule is O=C(O)CC1(NC(=O)Cc2coc3cc4c(cc23)CCC4)CCC1. The van der Waals surface area contributed by atoms with Crippen LogP contribution in [0.3, 0.4) is 0 Å². The fourth-order valence-electron chi connectivity index (χ4n) is 4.04. The molecule has 0 aliphatic heterocycles. The Bertz CT molecular complexity index is 816. The summed E-state index contributed by atoms with van der Waals surface area (Å²) in [6, 6.07) is 4.25. The largest absolute Gasteiger partial charge is 0.481 e. The van der Waals surface area contributed by atoms with Crippen LogP contribution in [0.25, 0.3) is 11.0 Å². The molecule has 2 aromatic rings. The van der Waals surface area contributed by atoms with E-state index in [4.69, 9.17) is 9.52 Å². The molecule has 1 fully saturated rings. The highest BCUT2D eigenvalue weighted by Gasteiger charge is 2.40. The lowest BCUT2D eigenvalue weighted by atomic mass is 9.74. The van der Waals surface area contributed by atoms with Gasteiger partial charge < -0.3 is 14.8 Å². The van der Waals surface area contributed by atoms with Crippen LogP contribution in [0.2, 0.25) is 0 Å². The fourth-order valence-corrected chi connectivity index (χ4v) is 4.04. The Morgan fingerprint density at radius 2 is 1.92 bits per heavy atom. The number of rotatable bonds is 5. The van der Waals surface area contributed by atoms with Crippen molar-refractivity contribution in [2.24, 2.45) is 0 Å². The third-order valence-corrected chi connectivity index (χ3v) is 5.42. The van der Waals surface area contributed by atoms with Crippen LogP contribution in [0.15, 0.2) is 22.8 Å². The number of furan rings is 1. The maximum absolute atomic E-state index is 12.4. The van der Waals surface area contributed by atoms with E-state index in [1.54, 1.807) is 6.26 Å². The smallest absolute Gasteiger partial charge is 0.305 e. The first-order valence-electron chi connectivity index (χ1n) is 8.59. The van der Waals surface area contributed by atoms with E-state index in [-0.39, 0.29) is 18.7 Å². The molecule has 2 N–H and O–H groups in total. The number of nitrogens with one attached hydrogen (secondary N) is 1. The lowest BCUT2D eigenvalue weighted by Gasteiger charge is -2.41. The molecule has 1 saturated carbocycles. The van der Waals surface area contributed by atoms with E-state index < -0.39 is 11.5 Å². The van der Waals surface area contributed by atoms with Crippen LogP contribution in [-0.2, 0) is 28.9 Å². The summed E-state index contributed by atoms with van der Waals surface area (Å²) in [5.41, 5.74) is 3.86. The van der Waals surface area contributed by atoms with Crippen molar-refractivity contribution in [2.75, 3.05) is 0 Å². The number of aryl methyl sites for hydroxylation is 2. The lowest BCUT2D eigenvalue weighted by molar-refractivity contribution is -0.140. The predicted molar refractivity (Wildman–Crippen MR) is 88.9 cm³/mol. The maximum Gasteiger partial charge on any atom is 0.305 e. The molecule has 0 bridgehead atoms. The van der Waals surface area contributed by atoms with Gasteiger partial charge in [-0.2, -0.15) is 0 Å². The van der Waals surface area contributed by atoms with Crippen LogP contribution in [0.5, 0.6) is 0 Å². The fraction of sp³-hybridized carbons (Fsp3) is 0.474. The van der Waals surface area contributed by atoms with Crippen molar-refractivity contribution in [3.8, 4) is 0 Å². The third-order valence-electron chi connectivity index (χ3n) is 5.42. The molecule has 5 nitrogen and oxygen atoms in total. The summed E-state index contributed by atoms with van der Waals surface area (Å²) in [6.45, 7) is 0. The first kappa shape index (κ1) is 15.2. The van der Waals surface area contributed by atoms with Crippen LogP contribution in [0, 0.1) is 0 Å². The van der Waals surface area contributed by atoms with Crippen molar-refractivity contribution in [3.05, 3.63) is 35.1 Å². The zero-order chi connectivity index (χ0) is 16.7. The van der Waals surface area contributed by atoms with E-state index in [1.807, 2.05) is 0 Å². The summed E-state index contributed by atoms with van der Waals surface area (Å²) >= 11 is 0. The number of hydrogen-bond donors (Lipinski definition) is 2. The molecule has 24 heavy (non-hydrogen) atoms. The molecule has 2 aliphatic carbocycles. The summed E-state index contributed by atoms with van der Waals surface area (Å²) in [5, 5.41) is 13.0. The predicted octanol–water partition coefficient (Wildman–Crippen LogP) is 2.98. The van der Waals surface area contributed by atoms with Gasteiger partial charge in [0.15, 0.2) is 0 Å². The summed E-state index contributed by atoms with van der Waals surface area (Å²) < 4.78 is 5.64. The third kappa shape index (κ3) is 2.68. The minimum atomic E-state index is -0.862. The minimum Gasteiger partial charge on any atom is -0.481 e. The zero-order valence-corrected chi connectivity index (χ0v) is 13.6. The summed E-state index contributed by atoms with van der Waals surface area (Å²) in [4.78, 5) is 23.5. The van der Waals surface area contributed by atoms with Crippen LogP contribution in [0.1, 0.15) is 48.8 Å². The van der Waals surface area contributed by atoms with Gasteiger partial charge in [-0.3, -0.25) is 9.59 Å². The van der Waals surface area contributed by atoms with Crippen LogP contribution >= 0.6 is 0 Å². The highest BCUT2D eigenvalue weighted by molar-refractivity contribution is 5.89. The number of benzene rings is 1. The van der Waals surface area contributed by atoms with E-state index in [1.165, 1.54) is 17.5 Å². The van der Waals surface area contributed by atoms with Gasteiger partial charge in [-0.1, -0.05) is 0 Å². The molecule has 0 radical (unpaired) electrons. The summed E-state index contributed by atoms with van der Waals surface area (Å²) in [6.07, 6.45) is 7.69. The minimum absolute atomic E-state index is 0.00160. The van der Waals surface area contributed by atoms with Gasteiger partial charge in [-0.05, 0) is 61.8 Å². The number of carbonyl (C=O) groups is 2. The Hall–Kier alpha value is -2.30. The number of aliphatic carboxylic acids is 1. The van der Waals surface area contributed by atoms with Gasteiger partial charge in [0.1, 0.15) is 5.58 Å². The normalized spacial score (nSPS) is 18.2. The molecular formula is C19H21NO4. The van der Waals surface area contributed by atoms with Crippen molar-refractivity contribution < 1.29 is 19.1 Å². The highest BCUT2D eigenvalue weighted by atomic mass is 16.4. The monoisotopic (exact) mass is 327 g/mol. The van der Waals surface area contributed by atoms with Gasteiger partial charge in [-0.25, -0.2) is 0 Å². The van der Waals surface area contributed by atoms with E-state index in [2.05, 4.69) is 17.4 Å². The molecule has 1 aromatic carbocycles. The zero-order valence-electron chi connectivity index (χ0n) is 13.6. The second kappa shape index (κ2) is 5.65. The molecule has 1 aromatic heterocycles. The molecule has 0 atom stereocenters. The molecule has 1 heterocycles. The first-order chi connectivity index (χ1) is 11.5. The summed E-state index contributed by atoms with van der Waals surface area (Å²) in [5.74, 6) is -0.988. The number of amides is 1. The first-order valence-corrected chi connectivity index (χ1v) is 8.59. The van der Waals surface area contributed by atoms with Gasteiger partial charge >= 0.3 is 5.97 Å². The molecule has 0 spiro atoms. The number of fused-ring (bicyclic) bond motifs is 2. The number of carboxylic acid groups (broad SMARTS) is 1. The van der Waals surface area contributed by atoms with Gasteiger partial charge in [0, 0.05) is 10.9 Å². The van der Waals surface area contributed by atoms with E-state index in [0.717, 1.165) is 48.6 Å². The van der Waals surface area contributed by atoms with Crippen molar-refractivity contribution in [3.63, 3.8) is 0 Å². The molecular weight excluding hydrogens is 306 g/mol. The van der Waals surface area contributed by atoms with Crippen molar-refractivity contribution in [1.29, 1.82) is 0 Å². The topological polar surface area (TPSA) is 79.5 Å². The second-order valence-corrected chi connectivity index (χ2v) is 7.16. The van der Waals surface area contributed by atoms with Crippen molar-refractivity contribution in [2.45, 2.75) is 56.9 Å². The average molecular weight is 327 g/mol. The van der Waals surface area contributed by atoms with Gasteiger partial charge in [0.2, 0.25) is 5.91 Å². The van der Waals surface area contributed by atoms with Gasteiger partial charge in [-0.15, -0.1) is 0 Å². The van der Waals surface area contributed by atoms with Crippen LogP contribution in [-0.4, -0.2) is 22.5 Å². The molecule has 5 heteroatoms. The Morgan fingerprint density at radius 1 is 1.17 bits per heavy atom. The number of carboxylic acids is 1. The Morgan fingerprint density at radius 3 is 2.58 bits per heavy atom. The molecule has 4 rings (SSSR count). The molecule has 1 amide bonds. The Kier molecular flexibility index (Phi) is 3.59. The van der Waals surface area contributed by atoms with E-state index >= 15 is 0 Å². The van der Waals surface area contributed by atoms with Crippen LogP contribution in [0.4, 0.5) is 0 Å². The van der Waals surface area contributed by atoms with Crippen molar-refractivity contribution in [1.82, 2.24) is 5.32 Å².